The average molecular weight is 288 g/mol. The first-order valence-corrected chi connectivity index (χ1v) is 7.21. The summed E-state index contributed by atoms with van der Waals surface area (Å²) >= 11 is 0. The van der Waals surface area contributed by atoms with Crippen molar-refractivity contribution in [1.82, 2.24) is 10.6 Å². The highest BCUT2D eigenvalue weighted by Gasteiger charge is 2.03. The van der Waals surface area contributed by atoms with Gasteiger partial charge in [0.15, 0.2) is 5.96 Å². The lowest BCUT2D eigenvalue weighted by molar-refractivity contribution is -0.114. The second-order valence-electron chi connectivity index (χ2n) is 4.47. The summed E-state index contributed by atoms with van der Waals surface area (Å²) < 4.78 is 0. The molecule has 0 aliphatic heterocycles. The van der Waals surface area contributed by atoms with Crippen molar-refractivity contribution in [1.29, 1.82) is 0 Å². The van der Waals surface area contributed by atoms with E-state index in [2.05, 4.69) is 34.4 Å². The van der Waals surface area contributed by atoms with E-state index in [1.54, 1.807) is 6.08 Å². The molecule has 0 saturated heterocycles. The molecule has 0 saturated carbocycles. The van der Waals surface area contributed by atoms with Crippen LogP contribution < -0.4 is 16.0 Å². The third-order valence-electron chi connectivity index (χ3n) is 2.76. The third-order valence-corrected chi connectivity index (χ3v) is 2.76. The van der Waals surface area contributed by atoms with Crippen LogP contribution in [0.3, 0.4) is 0 Å². The van der Waals surface area contributed by atoms with Crippen LogP contribution in [0.25, 0.3) is 0 Å². The molecule has 114 valence electrons. The smallest absolute Gasteiger partial charge is 0.246 e. The Balaban J connectivity index is 2.56. The number of guanidine groups is 1. The van der Waals surface area contributed by atoms with Gasteiger partial charge in [0, 0.05) is 18.8 Å². The lowest BCUT2D eigenvalue weighted by Gasteiger charge is -2.09. The van der Waals surface area contributed by atoms with Gasteiger partial charge in [-0.2, -0.15) is 0 Å². The molecular formula is C16H24N4O. The first-order valence-electron chi connectivity index (χ1n) is 7.21. The summed E-state index contributed by atoms with van der Waals surface area (Å²) in [7, 11) is 0. The van der Waals surface area contributed by atoms with E-state index in [-0.39, 0.29) is 12.5 Å². The Kier molecular flexibility index (Phi) is 7.64. The summed E-state index contributed by atoms with van der Waals surface area (Å²) in [4.78, 5) is 16.1. The van der Waals surface area contributed by atoms with Gasteiger partial charge in [0.25, 0.3) is 0 Å². The number of hydrogen-bond acceptors (Lipinski definition) is 2. The van der Waals surface area contributed by atoms with Gasteiger partial charge in [0.1, 0.15) is 6.54 Å². The quantitative estimate of drug-likeness (QED) is 0.408. The minimum Gasteiger partial charge on any atom is -0.357 e. The van der Waals surface area contributed by atoms with E-state index in [9.17, 15) is 4.79 Å². The summed E-state index contributed by atoms with van der Waals surface area (Å²) in [5.74, 6) is 0.467. The Morgan fingerprint density at radius 2 is 2.14 bits per heavy atom. The lowest BCUT2D eigenvalue weighted by Crippen LogP contribution is -2.38. The molecule has 5 heteroatoms. The number of nitrogens with one attached hydrogen (secondary N) is 3. The molecule has 0 aliphatic carbocycles. The van der Waals surface area contributed by atoms with Crippen LogP contribution >= 0.6 is 0 Å². The van der Waals surface area contributed by atoms with Crippen LogP contribution in [0.2, 0.25) is 0 Å². The maximum atomic E-state index is 11.9. The van der Waals surface area contributed by atoms with Crippen molar-refractivity contribution in [2.24, 2.45) is 4.99 Å². The molecule has 0 heterocycles. The van der Waals surface area contributed by atoms with Crippen molar-refractivity contribution in [3.8, 4) is 0 Å². The fourth-order valence-electron chi connectivity index (χ4n) is 1.73. The van der Waals surface area contributed by atoms with Gasteiger partial charge in [-0.25, -0.2) is 4.99 Å². The van der Waals surface area contributed by atoms with Crippen molar-refractivity contribution in [3.63, 3.8) is 0 Å². The molecule has 0 fully saturated rings. The zero-order chi connectivity index (χ0) is 15.5. The standard InChI is InChI=1S/C16H24N4O/c1-4-10-18-16(17-6-3)19-12-15(21)20-14-9-7-8-13(5-2)11-14/h4,7-9,11H,1,5-6,10,12H2,2-3H3,(H,20,21)(H2,17,18,19). The van der Waals surface area contributed by atoms with Gasteiger partial charge in [-0.05, 0) is 31.0 Å². The predicted molar refractivity (Wildman–Crippen MR) is 88.6 cm³/mol. The number of carbonyl (C=O) groups is 1. The van der Waals surface area contributed by atoms with Gasteiger partial charge in [-0.3, -0.25) is 4.79 Å². The molecule has 0 aromatic heterocycles. The van der Waals surface area contributed by atoms with E-state index in [4.69, 9.17) is 0 Å². The molecule has 21 heavy (non-hydrogen) atoms. The van der Waals surface area contributed by atoms with Gasteiger partial charge >= 0.3 is 0 Å². The maximum absolute atomic E-state index is 11.9. The Morgan fingerprint density at radius 1 is 1.33 bits per heavy atom. The molecule has 0 unspecified atom stereocenters. The normalized spacial score (nSPS) is 10.9. The second-order valence-corrected chi connectivity index (χ2v) is 4.47. The Hall–Kier alpha value is -2.30. The number of nitrogens with zero attached hydrogens (tertiary/aromatic N) is 1. The van der Waals surface area contributed by atoms with Crippen LogP contribution in [0.4, 0.5) is 5.69 Å². The van der Waals surface area contributed by atoms with Crippen LogP contribution in [-0.4, -0.2) is 31.5 Å². The minimum absolute atomic E-state index is 0.0723. The highest BCUT2D eigenvalue weighted by molar-refractivity contribution is 5.94. The van der Waals surface area contributed by atoms with Crippen molar-refractivity contribution in [3.05, 3.63) is 42.5 Å². The van der Waals surface area contributed by atoms with Gasteiger partial charge in [0.2, 0.25) is 5.91 Å². The largest absolute Gasteiger partial charge is 0.357 e. The van der Waals surface area contributed by atoms with E-state index in [0.717, 1.165) is 18.7 Å². The monoisotopic (exact) mass is 288 g/mol. The first kappa shape index (κ1) is 16.8. The number of rotatable bonds is 7. The van der Waals surface area contributed by atoms with Gasteiger partial charge in [0.05, 0.1) is 0 Å². The Morgan fingerprint density at radius 3 is 2.81 bits per heavy atom. The van der Waals surface area contributed by atoms with Crippen molar-refractivity contribution in [2.45, 2.75) is 20.3 Å². The number of hydrogen-bond donors (Lipinski definition) is 3. The first-order chi connectivity index (χ1) is 10.2. The second kappa shape index (κ2) is 9.58. The zero-order valence-electron chi connectivity index (χ0n) is 12.8. The van der Waals surface area contributed by atoms with Crippen molar-refractivity contribution in [2.75, 3.05) is 25.0 Å². The van der Waals surface area contributed by atoms with Crippen LogP contribution in [-0.2, 0) is 11.2 Å². The number of aliphatic imine (C=N–C) groups is 1. The molecule has 0 aliphatic rings. The number of benzene rings is 1. The predicted octanol–water partition coefficient (Wildman–Crippen LogP) is 1.93. The highest BCUT2D eigenvalue weighted by atomic mass is 16.1. The topological polar surface area (TPSA) is 65.5 Å². The highest BCUT2D eigenvalue weighted by Crippen LogP contribution is 2.10. The summed E-state index contributed by atoms with van der Waals surface area (Å²) in [6.07, 6.45) is 2.68. The van der Waals surface area contributed by atoms with Crippen LogP contribution in [0.5, 0.6) is 0 Å². The van der Waals surface area contributed by atoms with E-state index in [0.29, 0.717) is 12.5 Å². The van der Waals surface area contributed by atoms with Gasteiger partial charge in [-0.15, -0.1) is 6.58 Å². The van der Waals surface area contributed by atoms with Gasteiger partial charge < -0.3 is 16.0 Å². The molecule has 1 aromatic rings. The van der Waals surface area contributed by atoms with E-state index in [1.807, 2.05) is 31.2 Å². The van der Waals surface area contributed by atoms with Crippen LogP contribution in [0, 0.1) is 0 Å². The van der Waals surface area contributed by atoms with Crippen LogP contribution in [0.15, 0.2) is 41.9 Å². The molecule has 1 aromatic carbocycles. The number of carbonyl (C=O) groups excluding carboxylic acids is 1. The van der Waals surface area contributed by atoms with E-state index < -0.39 is 0 Å². The fourth-order valence-corrected chi connectivity index (χ4v) is 1.73. The minimum atomic E-state index is -0.140. The molecule has 0 radical (unpaired) electrons. The van der Waals surface area contributed by atoms with E-state index in [1.165, 1.54) is 5.56 Å². The fraction of sp³-hybridized carbons (Fsp3) is 0.375. The third kappa shape index (κ3) is 6.61. The summed E-state index contributed by atoms with van der Waals surface area (Å²) in [6.45, 7) is 9.11. The lowest BCUT2D eigenvalue weighted by atomic mass is 10.1. The average Bonchev–Trinajstić information content (AvgIpc) is 2.50. The Bertz CT molecular complexity index is 497. The molecule has 0 atom stereocenters. The number of amides is 1. The molecular weight excluding hydrogens is 264 g/mol. The van der Waals surface area contributed by atoms with E-state index >= 15 is 0 Å². The maximum Gasteiger partial charge on any atom is 0.246 e. The molecule has 0 bridgehead atoms. The molecule has 1 rings (SSSR count). The summed E-state index contributed by atoms with van der Waals surface area (Å²) in [5, 5.41) is 8.96. The molecule has 3 N–H and O–H groups in total. The SMILES string of the molecule is C=CCNC(=NCC(=O)Nc1cccc(CC)c1)NCC. The molecule has 1 amide bonds. The zero-order valence-corrected chi connectivity index (χ0v) is 12.8. The summed E-state index contributed by atoms with van der Waals surface area (Å²) in [6, 6.07) is 7.83. The van der Waals surface area contributed by atoms with Crippen molar-refractivity contribution < 1.29 is 4.79 Å². The Labute approximate surface area is 126 Å². The van der Waals surface area contributed by atoms with Crippen molar-refractivity contribution >= 4 is 17.6 Å². The molecule has 0 spiro atoms. The van der Waals surface area contributed by atoms with Crippen LogP contribution in [0.1, 0.15) is 19.4 Å². The number of anilines is 1. The number of aryl methyl sites for hydroxylation is 1. The van der Waals surface area contributed by atoms with Gasteiger partial charge in [-0.1, -0.05) is 25.1 Å². The molecule has 5 nitrogen and oxygen atoms in total. The summed E-state index contributed by atoms with van der Waals surface area (Å²) in [5.41, 5.74) is 2.00.